The van der Waals surface area contributed by atoms with E-state index in [4.69, 9.17) is 0 Å². The third-order valence-electron chi connectivity index (χ3n) is 1.93. The Labute approximate surface area is 165 Å². The molecule has 0 atom stereocenters. The van der Waals surface area contributed by atoms with Gasteiger partial charge in [0.2, 0.25) is 0 Å². The molecule has 0 saturated heterocycles. The van der Waals surface area contributed by atoms with E-state index in [2.05, 4.69) is 18.6 Å². The molecule has 22 heteroatoms. The number of halogens is 12. The summed E-state index contributed by atoms with van der Waals surface area (Å²) in [7, 11) is 0. The van der Waals surface area contributed by atoms with E-state index in [0.717, 1.165) is 0 Å². The molecular formula is C8HBF12LiO8-. The minimum absolute atomic E-state index is 0. The van der Waals surface area contributed by atoms with E-state index >= 15 is 0 Å². The molecule has 0 radical (unpaired) electrons. The first kappa shape index (κ1) is 29.9. The molecule has 0 spiro atoms. The third-order valence-corrected chi connectivity index (χ3v) is 1.93. The normalized spacial score (nSPS) is 12.9. The molecule has 0 saturated carbocycles. The van der Waals surface area contributed by atoms with Gasteiger partial charge in [-0.3, -0.25) is 0 Å². The molecule has 0 aromatic rings. The second-order valence-corrected chi connectivity index (χ2v) is 4.19. The van der Waals surface area contributed by atoms with Crippen LogP contribution in [0, 0.1) is 0 Å². The second-order valence-electron chi connectivity index (χ2n) is 4.19. The first-order valence-electron chi connectivity index (χ1n) is 5.84. The summed E-state index contributed by atoms with van der Waals surface area (Å²) in [6, 6.07) is 0. The molecule has 0 aliphatic carbocycles. The van der Waals surface area contributed by atoms with Crippen LogP contribution in [0.2, 0.25) is 0 Å². The van der Waals surface area contributed by atoms with Crippen molar-refractivity contribution in [2.45, 2.75) is 24.7 Å². The maximum absolute atomic E-state index is 12.1. The fourth-order valence-electron chi connectivity index (χ4n) is 0.936. The summed E-state index contributed by atoms with van der Waals surface area (Å²) in [4.78, 5) is 42.5. The quantitative estimate of drug-likeness (QED) is 0.446. The molecule has 0 aromatic carbocycles. The second kappa shape index (κ2) is 9.24. The minimum atomic E-state index is -6.72. The van der Waals surface area contributed by atoms with Crippen LogP contribution in [0.3, 0.4) is 0 Å². The van der Waals surface area contributed by atoms with Crippen molar-refractivity contribution in [2.24, 2.45) is 0 Å². The standard InChI is InChI=1S/C8BF12O8.Li.H/c10-5(11,12)1(22)26-9(27-2(23)6(13,14)15,28-3(24)7(16,17)18)29-4(25)8(19,20)21;;/q-1;;. The van der Waals surface area contributed by atoms with E-state index in [1.165, 1.54) is 0 Å². The van der Waals surface area contributed by atoms with Gasteiger partial charge in [0.1, 0.15) is 0 Å². The Morgan fingerprint density at radius 1 is 0.433 bits per heavy atom. The maximum atomic E-state index is 12.1. The van der Waals surface area contributed by atoms with Gasteiger partial charge in [0.25, 0.3) is 0 Å². The van der Waals surface area contributed by atoms with Crippen molar-refractivity contribution in [3.63, 3.8) is 0 Å². The Balaban J connectivity index is 0. The van der Waals surface area contributed by atoms with Crippen LogP contribution in [0.4, 0.5) is 52.7 Å². The van der Waals surface area contributed by atoms with Crippen LogP contribution in [0.1, 0.15) is 0 Å². The number of carbonyl (C=O) groups excluding carboxylic acids is 4. The van der Waals surface area contributed by atoms with Crippen LogP contribution >= 0.6 is 0 Å². The van der Waals surface area contributed by atoms with Crippen LogP contribution in [0.5, 0.6) is 0 Å². The molecule has 0 rings (SSSR count). The first-order chi connectivity index (χ1) is 12.5. The summed E-state index contributed by atoms with van der Waals surface area (Å²) in [5.41, 5.74) is 0. The van der Waals surface area contributed by atoms with Gasteiger partial charge in [0.05, 0.1) is 0 Å². The zero-order valence-electron chi connectivity index (χ0n) is 12.4. The van der Waals surface area contributed by atoms with Crippen LogP contribution in [-0.4, -0.2) is 74.4 Å². The van der Waals surface area contributed by atoms with Gasteiger partial charge < -0.3 is 18.6 Å². The van der Waals surface area contributed by atoms with Crippen molar-refractivity contribution >= 4 is 49.7 Å². The Hall–Kier alpha value is -2.30. The van der Waals surface area contributed by atoms with Gasteiger partial charge in [-0.15, -0.1) is 0 Å². The Morgan fingerprint density at radius 2 is 0.567 bits per heavy atom. The molecule has 0 amide bonds. The van der Waals surface area contributed by atoms with Crippen molar-refractivity contribution in [1.82, 2.24) is 0 Å². The summed E-state index contributed by atoms with van der Waals surface area (Å²) in [5, 5.41) is 0. The van der Waals surface area contributed by atoms with Gasteiger partial charge in [0, 0.05) is 0 Å². The van der Waals surface area contributed by atoms with E-state index in [-0.39, 0.29) is 18.9 Å². The van der Waals surface area contributed by atoms with Crippen molar-refractivity contribution in [3.05, 3.63) is 0 Å². The van der Waals surface area contributed by atoms with Gasteiger partial charge in [-0.1, -0.05) is 0 Å². The molecule has 0 aliphatic heterocycles. The molecule has 0 bridgehead atoms. The molecular weight excluding hydrogens is 470 g/mol. The molecule has 8 nitrogen and oxygen atoms in total. The SMILES string of the molecule is O=C(O[B-](OC(=O)C(F)(F)F)(OC(=O)C(F)(F)F)OC(=O)C(F)(F)F)C(F)(F)F.[LiH]. The zero-order valence-corrected chi connectivity index (χ0v) is 12.4. The van der Waals surface area contributed by atoms with Crippen molar-refractivity contribution in [2.75, 3.05) is 0 Å². The van der Waals surface area contributed by atoms with Gasteiger partial charge >= 0.3 is 74.4 Å². The fraction of sp³-hybridized carbons (Fsp3) is 0.500. The molecule has 0 heterocycles. The number of hydrogen-bond acceptors (Lipinski definition) is 8. The van der Waals surface area contributed by atoms with Gasteiger partial charge in [-0.05, 0) is 0 Å². The van der Waals surface area contributed by atoms with Crippen LogP contribution in [0.15, 0.2) is 0 Å². The average molecular weight is 471 g/mol. The van der Waals surface area contributed by atoms with Gasteiger partial charge in [-0.25, -0.2) is 19.2 Å². The summed E-state index contributed by atoms with van der Waals surface area (Å²) in [6.07, 6.45) is -25.6. The topological polar surface area (TPSA) is 105 Å². The van der Waals surface area contributed by atoms with Crippen LogP contribution < -0.4 is 0 Å². The third kappa shape index (κ3) is 9.02. The van der Waals surface area contributed by atoms with E-state index in [0.29, 0.717) is 0 Å². The van der Waals surface area contributed by atoms with Gasteiger partial charge in [0.15, 0.2) is 0 Å². The fourth-order valence-corrected chi connectivity index (χ4v) is 0.936. The molecule has 30 heavy (non-hydrogen) atoms. The summed E-state index contributed by atoms with van der Waals surface area (Å²) in [6.45, 7) is -6.72. The molecule has 170 valence electrons. The number of carbonyl (C=O) groups is 4. The first-order valence-corrected chi connectivity index (χ1v) is 5.84. The predicted molar refractivity (Wildman–Crippen MR) is 61.5 cm³/mol. The Kier molecular flexibility index (Phi) is 9.21. The summed E-state index contributed by atoms with van der Waals surface area (Å²) >= 11 is 0. The van der Waals surface area contributed by atoms with E-state index in [9.17, 15) is 71.9 Å². The number of hydrogen-bond donors (Lipinski definition) is 0. The molecule has 0 unspecified atom stereocenters. The van der Waals surface area contributed by atoms with Crippen LogP contribution in [0.25, 0.3) is 0 Å². The monoisotopic (exact) mass is 471 g/mol. The van der Waals surface area contributed by atoms with Crippen LogP contribution in [-0.2, 0) is 37.8 Å². The van der Waals surface area contributed by atoms with E-state index in [1.807, 2.05) is 0 Å². The number of alkyl halides is 12. The molecule has 0 aromatic heterocycles. The van der Waals surface area contributed by atoms with E-state index in [1.54, 1.807) is 0 Å². The Morgan fingerprint density at radius 3 is 0.667 bits per heavy atom. The van der Waals surface area contributed by atoms with Crippen molar-refractivity contribution in [1.29, 1.82) is 0 Å². The number of rotatable bonds is 4. The van der Waals surface area contributed by atoms with E-state index < -0.39 is 55.5 Å². The van der Waals surface area contributed by atoms with Gasteiger partial charge in [-0.2, -0.15) is 52.7 Å². The summed E-state index contributed by atoms with van der Waals surface area (Å²) < 4.78 is 156. The zero-order chi connectivity index (χ0) is 23.6. The summed E-state index contributed by atoms with van der Waals surface area (Å²) in [5.74, 6) is -15.9. The molecule has 0 N–H and O–H groups in total. The molecule has 0 aliphatic rings. The Bertz CT molecular complexity index is 562. The average Bonchev–Trinajstić information content (AvgIpc) is 2.42. The van der Waals surface area contributed by atoms with Crippen molar-refractivity contribution < 1.29 is 90.5 Å². The molecule has 0 fully saturated rings. The van der Waals surface area contributed by atoms with Crippen molar-refractivity contribution in [3.8, 4) is 0 Å². The predicted octanol–water partition coefficient (Wildman–Crippen LogP) is 1.20.